The lowest BCUT2D eigenvalue weighted by Crippen LogP contribution is -2.47. The minimum absolute atomic E-state index is 0.0188. The molecule has 23 heavy (non-hydrogen) atoms. The Bertz CT molecular complexity index is 477. The minimum atomic E-state index is -3.21. The Kier molecular flexibility index (Phi) is 7.26. The summed E-state index contributed by atoms with van der Waals surface area (Å²) in [4.78, 5) is 14.6. The normalized spacial score (nSPS) is 24.5. The molecular formula is C15H29N3O4S. The third-order valence-corrected chi connectivity index (χ3v) is 6.48. The first-order valence-corrected chi connectivity index (χ1v) is 10.2. The van der Waals surface area contributed by atoms with Crippen LogP contribution in [0.1, 0.15) is 26.2 Å². The van der Waals surface area contributed by atoms with E-state index in [1.54, 1.807) is 0 Å². The number of hydrogen-bond acceptors (Lipinski definition) is 5. The molecule has 8 heteroatoms. The van der Waals surface area contributed by atoms with Gasteiger partial charge in [-0.25, -0.2) is 12.7 Å². The topological polar surface area (TPSA) is 79.0 Å². The van der Waals surface area contributed by atoms with Crippen molar-refractivity contribution in [1.29, 1.82) is 0 Å². The van der Waals surface area contributed by atoms with Gasteiger partial charge in [0.15, 0.2) is 0 Å². The molecule has 1 amide bonds. The highest BCUT2D eigenvalue weighted by Crippen LogP contribution is 2.20. The van der Waals surface area contributed by atoms with E-state index in [4.69, 9.17) is 4.74 Å². The van der Waals surface area contributed by atoms with Gasteiger partial charge in [-0.2, -0.15) is 0 Å². The summed E-state index contributed by atoms with van der Waals surface area (Å²) in [6, 6.07) is 0. The third kappa shape index (κ3) is 5.70. The van der Waals surface area contributed by atoms with Crippen LogP contribution in [0.2, 0.25) is 0 Å². The highest BCUT2D eigenvalue weighted by Gasteiger charge is 2.31. The first-order chi connectivity index (χ1) is 11.0. The highest BCUT2D eigenvalue weighted by atomic mass is 32.2. The van der Waals surface area contributed by atoms with Crippen molar-refractivity contribution in [2.75, 3.05) is 58.2 Å². The van der Waals surface area contributed by atoms with E-state index in [0.29, 0.717) is 26.1 Å². The van der Waals surface area contributed by atoms with Gasteiger partial charge in [-0.1, -0.05) is 6.92 Å². The van der Waals surface area contributed by atoms with E-state index >= 15 is 0 Å². The molecule has 7 nitrogen and oxygen atoms in total. The van der Waals surface area contributed by atoms with Crippen LogP contribution in [-0.2, 0) is 19.6 Å². The summed E-state index contributed by atoms with van der Waals surface area (Å²) in [5.74, 6) is -0.0759. The molecule has 0 saturated carbocycles. The predicted molar refractivity (Wildman–Crippen MR) is 88.6 cm³/mol. The van der Waals surface area contributed by atoms with E-state index in [2.05, 4.69) is 10.2 Å². The van der Waals surface area contributed by atoms with Crippen LogP contribution >= 0.6 is 0 Å². The zero-order valence-corrected chi connectivity index (χ0v) is 14.8. The Hall–Kier alpha value is -0.700. The zero-order valence-electron chi connectivity index (χ0n) is 14.0. The van der Waals surface area contributed by atoms with Gasteiger partial charge in [-0.15, -0.1) is 0 Å². The Morgan fingerprint density at radius 3 is 2.70 bits per heavy atom. The lowest BCUT2D eigenvalue weighted by molar-refractivity contribution is -0.126. The van der Waals surface area contributed by atoms with Gasteiger partial charge in [0.25, 0.3) is 0 Å². The van der Waals surface area contributed by atoms with Crippen molar-refractivity contribution >= 4 is 15.9 Å². The predicted octanol–water partition coefficient (Wildman–Crippen LogP) is -0.113. The molecule has 1 atom stereocenters. The van der Waals surface area contributed by atoms with Gasteiger partial charge in [0.2, 0.25) is 15.9 Å². The SMILES string of the molecule is CCCS(=O)(=O)N1CCC[C@@H](C(=O)NCCN2CCOCC2)C1. The smallest absolute Gasteiger partial charge is 0.224 e. The molecule has 2 aliphatic heterocycles. The second-order valence-electron chi connectivity index (χ2n) is 6.26. The van der Waals surface area contributed by atoms with E-state index in [9.17, 15) is 13.2 Å². The molecule has 0 aromatic carbocycles. The molecule has 2 fully saturated rings. The number of carbonyl (C=O) groups excluding carboxylic acids is 1. The largest absolute Gasteiger partial charge is 0.379 e. The molecule has 0 unspecified atom stereocenters. The second kappa shape index (κ2) is 8.96. The summed E-state index contributed by atoms with van der Waals surface area (Å²) < 4.78 is 31.1. The van der Waals surface area contributed by atoms with E-state index in [1.165, 1.54) is 4.31 Å². The molecule has 1 N–H and O–H groups in total. The van der Waals surface area contributed by atoms with Crippen LogP contribution < -0.4 is 5.32 Å². The van der Waals surface area contributed by atoms with Crippen LogP contribution in [0.15, 0.2) is 0 Å². The maximum atomic E-state index is 12.3. The van der Waals surface area contributed by atoms with Gasteiger partial charge in [0, 0.05) is 39.3 Å². The fraction of sp³-hybridized carbons (Fsp3) is 0.933. The average molecular weight is 347 g/mol. The van der Waals surface area contributed by atoms with Crippen LogP contribution in [0.5, 0.6) is 0 Å². The minimum Gasteiger partial charge on any atom is -0.379 e. The van der Waals surface area contributed by atoms with E-state index in [-0.39, 0.29) is 17.6 Å². The van der Waals surface area contributed by atoms with Crippen molar-refractivity contribution in [1.82, 2.24) is 14.5 Å². The number of ether oxygens (including phenoxy) is 1. The fourth-order valence-corrected chi connectivity index (χ4v) is 4.69. The van der Waals surface area contributed by atoms with Crippen LogP contribution in [-0.4, -0.2) is 81.8 Å². The van der Waals surface area contributed by atoms with E-state index in [1.807, 2.05) is 6.92 Å². The molecule has 0 aromatic heterocycles. The number of hydrogen-bond donors (Lipinski definition) is 1. The molecule has 0 radical (unpaired) electrons. The second-order valence-corrected chi connectivity index (χ2v) is 8.35. The number of rotatable bonds is 7. The number of morpholine rings is 1. The zero-order chi connectivity index (χ0) is 16.7. The number of carbonyl (C=O) groups is 1. The fourth-order valence-electron chi connectivity index (χ4n) is 3.10. The lowest BCUT2D eigenvalue weighted by Gasteiger charge is -2.31. The Balaban J connectivity index is 1.75. The molecule has 2 rings (SSSR count). The Morgan fingerprint density at radius 1 is 1.26 bits per heavy atom. The number of sulfonamides is 1. The number of piperidine rings is 1. The van der Waals surface area contributed by atoms with Crippen LogP contribution in [0.3, 0.4) is 0 Å². The number of amides is 1. The highest BCUT2D eigenvalue weighted by molar-refractivity contribution is 7.89. The standard InChI is InChI=1S/C15H29N3O4S/c1-2-12-23(20,21)18-6-3-4-14(13-18)15(19)16-5-7-17-8-10-22-11-9-17/h14H,2-13H2,1H3,(H,16,19)/t14-/m1/s1. The third-order valence-electron chi connectivity index (χ3n) is 4.44. The summed E-state index contributed by atoms with van der Waals surface area (Å²) in [7, 11) is -3.21. The van der Waals surface area contributed by atoms with Gasteiger partial charge in [0.05, 0.1) is 24.9 Å². The maximum absolute atomic E-state index is 12.3. The van der Waals surface area contributed by atoms with Gasteiger partial charge in [-0.05, 0) is 19.3 Å². The van der Waals surface area contributed by atoms with Gasteiger partial charge in [0.1, 0.15) is 0 Å². The van der Waals surface area contributed by atoms with E-state index in [0.717, 1.165) is 45.7 Å². The first-order valence-electron chi connectivity index (χ1n) is 8.58. The first kappa shape index (κ1) is 18.6. The molecule has 0 aliphatic carbocycles. The lowest BCUT2D eigenvalue weighted by atomic mass is 9.99. The molecule has 0 bridgehead atoms. The van der Waals surface area contributed by atoms with Crippen LogP contribution in [0.25, 0.3) is 0 Å². The molecule has 2 saturated heterocycles. The quantitative estimate of drug-likeness (QED) is 0.695. The van der Waals surface area contributed by atoms with Gasteiger partial charge < -0.3 is 10.1 Å². The Labute approximate surface area is 139 Å². The van der Waals surface area contributed by atoms with Crippen molar-refractivity contribution in [2.24, 2.45) is 5.92 Å². The van der Waals surface area contributed by atoms with Crippen molar-refractivity contribution in [2.45, 2.75) is 26.2 Å². The summed E-state index contributed by atoms with van der Waals surface area (Å²) in [6.45, 7) is 7.46. The molecule has 0 spiro atoms. The monoisotopic (exact) mass is 347 g/mol. The summed E-state index contributed by atoms with van der Waals surface area (Å²) in [6.07, 6.45) is 2.13. The molecule has 2 aliphatic rings. The van der Waals surface area contributed by atoms with Gasteiger partial charge in [-0.3, -0.25) is 9.69 Å². The molecule has 2 heterocycles. The Morgan fingerprint density at radius 2 is 2.00 bits per heavy atom. The van der Waals surface area contributed by atoms with Crippen LogP contribution in [0.4, 0.5) is 0 Å². The van der Waals surface area contributed by atoms with Gasteiger partial charge >= 0.3 is 0 Å². The van der Waals surface area contributed by atoms with Crippen molar-refractivity contribution in [3.63, 3.8) is 0 Å². The van der Waals surface area contributed by atoms with Crippen molar-refractivity contribution in [3.8, 4) is 0 Å². The van der Waals surface area contributed by atoms with Crippen molar-refractivity contribution < 1.29 is 17.9 Å². The molecule has 0 aromatic rings. The van der Waals surface area contributed by atoms with Crippen molar-refractivity contribution in [3.05, 3.63) is 0 Å². The summed E-state index contributed by atoms with van der Waals surface area (Å²) >= 11 is 0. The maximum Gasteiger partial charge on any atom is 0.224 e. The summed E-state index contributed by atoms with van der Waals surface area (Å²) in [5.41, 5.74) is 0. The number of nitrogens with one attached hydrogen (secondary N) is 1. The van der Waals surface area contributed by atoms with Crippen LogP contribution in [0, 0.1) is 5.92 Å². The van der Waals surface area contributed by atoms with E-state index < -0.39 is 10.0 Å². The summed E-state index contributed by atoms with van der Waals surface area (Å²) in [5, 5.41) is 2.96. The molecular weight excluding hydrogens is 318 g/mol. The molecule has 134 valence electrons. The number of nitrogens with zero attached hydrogens (tertiary/aromatic N) is 2. The average Bonchev–Trinajstić information content (AvgIpc) is 2.56.